The molecule has 0 N–H and O–H groups in total. The van der Waals surface area contributed by atoms with Crippen LogP contribution in [0, 0.1) is 5.41 Å². The van der Waals surface area contributed by atoms with Crippen molar-refractivity contribution in [3.05, 3.63) is 0 Å². The summed E-state index contributed by atoms with van der Waals surface area (Å²) >= 11 is 0. The fourth-order valence-electron chi connectivity index (χ4n) is 6.35. The molecule has 0 spiro atoms. The molecule has 0 aromatic carbocycles. The van der Waals surface area contributed by atoms with Crippen LogP contribution in [0.5, 0.6) is 0 Å². The van der Waals surface area contributed by atoms with Crippen LogP contribution in [0.3, 0.4) is 0 Å². The third kappa shape index (κ3) is 28.3. The van der Waals surface area contributed by atoms with Gasteiger partial charge in [-0.3, -0.25) is 0 Å². The molecule has 38 heavy (non-hydrogen) atoms. The van der Waals surface area contributed by atoms with Gasteiger partial charge in [0.1, 0.15) is 0 Å². The van der Waals surface area contributed by atoms with Crippen molar-refractivity contribution >= 4 is 8.58 Å². The molecule has 0 heterocycles. The Hall–Kier alpha value is 0.720. The zero-order chi connectivity index (χ0) is 27.1. The lowest BCUT2D eigenvalue weighted by Crippen LogP contribution is -3.00. The normalized spacial score (nSPS) is 12.0. The Kier molecular flexibility index (Phi) is 36.5. The molecule has 0 radical (unpaired) electrons. The van der Waals surface area contributed by atoms with E-state index in [1.807, 2.05) is 0 Å². The van der Waals surface area contributed by atoms with Gasteiger partial charge in [-0.25, -0.2) is 0 Å². The summed E-state index contributed by atoms with van der Waals surface area (Å²) in [6.07, 6.45) is 46.0. The summed E-state index contributed by atoms with van der Waals surface area (Å²) in [5.41, 5.74) is 0.693. The van der Waals surface area contributed by atoms with Gasteiger partial charge in [-0.05, 0) is 65.4 Å². The number of unbranched alkanes of at least 4 members (excludes halogenated alkanes) is 20. The highest BCUT2D eigenvalue weighted by atomic mass is 35.5. The summed E-state index contributed by atoms with van der Waals surface area (Å²) < 4.78 is 0. The fraction of sp³-hybridized carbons (Fsp3) is 1.00. The maximum Gasteiger partial charge on any atom is 0.0549 e. The molecule has 0 aliphatic carbocycles. The van der Waals surface area contributed by atoms with Crippen molar-refractivity contribution in [2.24, 2.45) is 5.41 Å². The van der Waals surface area contributed by atoms with Crippen LogP contribution in [-0.2, 0) is 0 Å². The number of halogens is 1. The quantitative estimate of drug-likeness (QED) is 0.0553. The van der Waals surface area contributed by atoms with E-state index in [4.69, 9.17) is 0 Å². The van der Waals surface area contributed by atoms with Gasteiger partial charge < -0.3 is 12.4 Å². The maximum absolute atomic E-state index is 2.38. The molecule has 0 amide bonds. The van der Waals surface area contributed by atoms with Gasteiger partial charge in [0.15, 0.2) is 0 Å². The first-order valence-corrected chi connectivity index (χ1v) is 19.7. The molecule has 2 heteroatoms. The van der Waals surface area contributed by atoms with Gasteiger partial charge >= 0.3 is 0 Å². The average molecular weight is 575 g/mol. The first kappa shape index (κ1) is 40.9. The second kappa shape index (κ2) is 33.9. The largest absolute Gasteiger partial charge is 1.00 e. The predicted molar refractivity (Wildman–Crippen MR) is 178 cm³/mol. The van der Waals surface area contributed by atoms with Crippen molar-refractivity contribution in [1.82, 2.24) is 0 Å². The molecule has 0 nitrogen and oxygen atoms in total. The number of hydrogen-bond acceptors (Lipinski definition) is 0. The first-order valence-electron chi connectivity index (χ1n) is 18.1. The smallest absolute Gasteiger partial charge is 0.0549 e. The van der Waals surface area contributed by atoms with Crippen molar-refractivity contribution in [1.29, 1.82) is 0 Å². The molecule has 0 aliphatic rings. The summed E-state index contributed by atoms with van der Waals surface area (Å²) in [6.45, 7) is 9.45. The number of hydrogen-bond donors (Lipinski definition) is 0. The van der Waals surface area contributed by atoms with E-state index in [9.17, 15) is 0 Å². The monoisotopic (exact) mass is 575 g/mol. The Morgan fingerprint density at radius 1 is 0.316 bits per heavy atom. The molecule has 232 valence electrons. The minimum absolute atomic E-state index is 0. The van der Waals surface area contributed by atoms with Crippen LogP contribution < -0.4 is 12.4 Å². The third-order valence-corrected chi connectivity index (χ3v) is 10.7. The van der Waals surface area contributed by atoms with Crippen molar-refractivity contribution in [2.75, 3.05) is 12.3 Å². The maximum atomic E-state index is 2.38. The standard InChI is InChI=1S/C36H75P.ClH/c1-5-9-13-14-15-16-17-18-19-22-25-28-34-37-35-29-26-23-20-21-24-27-33-36(30-10-6-2,31-11-7-3)32-12-8-4;/h37H,5-35H2,1-4H3;1H. The summed E-state index contributed by atoms with van der Waals surface area (Å²) in [5.74, 6) is 0. The van der Waals surface area contributed by atoms with Crippen LogP contribution in [0.4, 0.5) is 0 Å². The zero-order valence-corrected chi connectivity index (χ0v) is 29.3. The highest BCUT2D eigenvalue weighted by molar-refractivity contribution is 7.37. The van der Waals surface area contributed by atoms with Crippen LogP contribution in [0.15, 0.2) is 0 Å². The van der Waals surface area contributed by atoms with E-state index in [2.05, 4.69) is 27.7 Å². The average Bonchev–Trinajstić information content (AvgIpc) is 2.92. The van der Waals surface area contributed by atoms with E-state index >= 15 is 0 Å². The molecule has 0 aromatic rings. The summed E-state index contributed by atoms with van der Waals surface area (Å²) in [6, 6.07) is 0. The fourth-order valence-corrected chi connectivity index (χ4v) is 7.80. The van der Waals surface area contributed by atoms with Gasteiger partial charge in [0.25, 0.3) is 0 Å². The second-order valence-corrected chi connectivity index (χ2v) is 14.5. The Morgan fingerprint density at radius 2 is 0.579 bits per heavy atom. The second-order valence-electron chi connectivity index (χ2n) is 12.8. The van der Waals surface area contributed by atoms with E-state index in [1.165, 1.54) is 186 Å². The van der Waals surface area contributed by atoms with E-state index in [0.717, 1.165) is 8.58 Å². The van der Waals surface area contributed by atoms with Gasteiger partial charge in [-0.15, -0.1) is 0 Å². The van der Waals surface area contributed by atoms with Crippen LogP contribution in [-0.4, -0.2) is 12.3 Å². The Balaban J connectivity index is 0. The Labute approximate surface area is 252 Å². The highest BCUT2D eigenvalue weighted by Gasteiger charge is 2.27. The summed E-state index contributed by atoms with van der Waals surface area (Å²) in [7, 11) is 0.758. The van der Waals surface area contributed by atoms with Gasteiger partial charge in [-0.2, -0.15) is 0 Å². The van der Waals surface area contributed by atoms with Crippen LogP contribution in [0.1, 0.15) is 214 Å². The molecule has 0 saturated heterocycles. The van der Waals surface area contributed by atoms with Crippen molar-refractivity contribution in [3.63, 3.8) is 0 Å². The van der Waals surface area contributed by atoms with Gasteiger partial charge in [0, 0.05) is 0 Å². The lowest BCUT2D eigenvalue weighted by atomic mass is 9.71. The molecule has 0 fully saturated rings. The summed E-state index contributed by atoms with van der Waals surface area (Å²) in [4.78, 5) is 0. The third-order valence-electron chi connectivity index (χ3n) is 9.06. The molecule has 0 aromatic heterocycles. The van der Waals surface area contributed by atoms with E-state index in [1.54, 1.807) is 12.3 Å². The topological polar surface area (TPSA) is 0 Å². The minimum Gasteiger partial charge on any atom is -1.00 e. The van der Waals surface area contributed by atoms with Gasteiger partial charge in [-0.1, -0.05) is 163 Å². The lowest BCUT2D eigenvalue weighted by Gasteiger charge is -2.35. The Bertz CT molecular complexity index is 388. The molecule has 0 aliphatic heterocycles. The molecule has 0 saturated carbocycles. The lowest BCUT2D eigenvalue weighted by molar-refractivity contribution is -0.00000861. The van der Waals surface area contributed by atoms with Crippen LogP contribution >= 0.6 is 8.58 Å². The molecular formula is C36H76ClP. The molecule has 1 unspecified atom stereocenters. The van der Waals surface area contributed by atoms with Crippen molar-refractivity contribution < 1.29 is 12.4 Å². The molecule has 0 rings (SSSR count). The van der Waals surface area contributed by atoms with E-state index in [-0.39, 0.29) is 12.4 Å². The van der Waals surface area contributed by atoms with Crippen LogP contribution in [0.25, 0.3) is 0 Å². The van der Waals surface area contributed by atoms with Crippen molar-refractivity contribution in [3.8, 4) is 0 Å². The molecule has 0 bridgehead atoms. The Morgan fingerprint density at radius 3 is 0.921 bits per heavy atom. The zero-order valence-electron chi connectivity index (χ0n) is 27.4. The predicted octanol–water partition coefficient (Wildman–Crippen LogP) is 10.8. The van der Waals surface area contributed by atoms with E-state index < -0.39 is 0 Å². The van der Waals surface area contributed by atoms with E-state index in [0.29, 0.717) is 5.41 Å². The SMILES string of the molecule is CCCCCCCCCCCCCC[PH2+]CCCCCCCCCC(CCCC)(CCCC)CCCC.[Cl-]. The minimum atomic E-state index is 0. The van der Waals surface area contributed by atoms with Crippen molar-refractivity contribution in [2.45, 2.75) is 214 Å². The van der Waals surface area contributed by atoms with Gasteiger partial charge in [0.05, 0.1) is 12.3 Å². The van der Waals surface area contributed by atoms with Gasteiger partial charge in [0.2, 0.25) is 0 Å². The summed E-state index contributed by atoms with van der Waals surface area (Å²) in [5, 5.41) is 0. The number of rotatable bonds is 32. The first-order chi connectivity index (χ1) is 18.2. The highest BCUT2D eigenvalue weighted by Crippen LogP contribution is 2.41. The molecular weight excluding hydrogens is 499 g/mol. The van der Waals surface area contributed by atoms with Crippen LogP contribution in [0.2, 0.25) is 0 Å². The molecule has 1 atom stereocenters.